The van der Waals surface area contributed by atoms with Gasteiger partial charge in [0.2, 0.25) is 0 Å². The highest BCUT2D eigenvalue weighted by Gasteiger charge is 2.08. The van der Waals surface area contributed by atoms with Crippen molar-refractivity contribution >= 4 is 19.0 Å². The third-order valence-electron chi connectivity index (χ3n) is 2.91. The van der Waals surface area contributed by atoms with Crippen LogP contribution >= 0.6 is 8.20 Å². The van der Waals surface area contributed by atoms with Crippen molar-refractivity contribution in [3.63, 3.8) is 0 Å². The maximum absolute atomic E-state index is 12.4. The molecule has 0 amide bonds. The van der Waals surface area contributed by atoms with E-state index >= 15 is 0 Å². The van der Waals surface area contributed by atoms with Crippen molar-refractivity contribution in [2.45, 2.75) is 39.9 Å². The molecule has 0 saturated heterocycles. The minimum atomic E-state index is 0.0325. The number of hydrogen-bond acceptors (Lipinski definition) is 3. The van der Waals surface area contributed by atoms with Gasteiger partial charge in [0.05, 0.1) is 12.2 Å². The summed E-state index contributed by atoms with van der Waals surface area (Å²) < 4.78 is 11.6. The van der Waals surface area contributed by atoms with E-state index < -0.39 is 0 Å². The normalized spacial score (nSPS) is 11.9. The second-order valence-corrected chi connectivity index (χ2v) is 6.86. The van der Waals surface area contributed by atoms with Gasteiger partial charge in [-0.3, -0.25) is 0 Å². The molecule has 122 valence electrons. The molecule has 0 aliphatic carbocycles. The average molecular weight is 329 g/mol. The van der Waals surface area contributed by atoms with Crippen LogP contribution < -0.4 is 19.9 Å². The molecular formula is C19H22O3P-. The van der Waals surface area contributed by atoms with Crippen LogP contribution in [0.25, 0.3) is 0 Å². The summed E-state index contributed by atoms with van der Waals surface area (Å²) in [5.74, 6) is 1.45. The molecule has 0 heterocycles. The summed E-state index contributed by atoms with van der Waals surface area (Å²) in [6, 6.07) is 14.9. The second kappa shape index (κ2) is 8.14. The number of hydrogen-bond donors (Lipinski definition) is 0. The zero-order valence-electron chi connectivity index (χ0n) is 13.9. The third-order valence-corrected chi connectivity index (χ3v) is 3.98. The van der Waals surface area contributed by atoms with E-state index in [-0.39, 0.29) is 17.7 Å². The smallest absolute Gasteiger partial charge is 0.135 e. The van der Waals surface area contributed by atoms with Gasteiger partial charge in [0.1, 0.15) is 11.5 Å². The molecule has 4 heteroatoms. The molecule has 3 nitrogen and oxygen atoms in total. The first-order valence-corrected chi connectivity index (χ1v) is 8.63. The Balaban J connectivity index is 2.36. The minimum Gasteiger partial charge on any atom is -0.823 e. The van der Waals surface area contributed by atoms with Crippen molar-refractivity contribution in [2.75, 3.05) is 0 Å². The lowest BCUT2D eigenvalue weighted by Crippen LogP contribution is -2.19. The Morgan fingerprint density at radius 3 is 2.17 bits per heavy atom. The topological polar surface area (TPSA) is 41.5 Å². The molecule has 0 unspecified atom stereocenters. The van der Waals surface area contributed by atoms with Crippen LogP contribution in [0.15, 0.2) is 48.5 Å². The summed E-state index contributed by atoms with van der Waals surface area (Å²) in [4.78, 5) is 0. The zero-order valence-corrected chi connectivity index (χ0v) is 14.8. The maximum atomic E-state index is 12.4. The summed E-state index contributed by atoms with van der Waals surface area (Å²) in [7, 11) is 0.600. The Morgan fingerprint density at radius 1 is 0.913 bits per heavy atom. The van der Waals surface area contributed by atoms with Gasteiger partial charge in [-0.1, -0.05) is 38.5 Å². The summed E-state index contributed by atoms with van der Waals surface area (Å²) in [6.45, 7) is 7.90. The molecule has 0 N–H and O–H groups in total. The number of benzene rings is 2. The van der Waals surface area contributed by atoms with Crippen molar-refractivity contribution < 1.29 is 14.6 Å². The molecule has 0 aliphatic heterocycles. The second-order valence-electron chi connectivity index (χ2n) is 5.75. The molecule has 0 spiro atoms. The molecule has 0 aliphatic rings. The molecule has 0 atom stereocenters. The first kappa shape index (κ1) is 17.5. The van der Waals surface area contributed by atoms with Gasteiger partial charge in [0, 0.05) is 11.4 Å². The quantitative estimate of drug-likeness (QED) is 0.763. The van der Waals surface area contributed by atoms with Crippen LogP contribution in [0, 0.1) is 0 Å². The van der Waals surface area contributed by atoms with Crippen molar-refractivity contribution in [1.29, 1.82) is 0 Å². The molecule has 0 radical (unpaired) electrons. The van der Waals surface area contributed by atoms with E-state index in [1.807, 2.05) is 76.2 Å². The van der Waals surface area contributed by atoms with Gasteiger partial charge in [-0.15, -0.1) is 5.48 Å². The molecule has 23 heavy (non-hydrogen) atoms. The Morgan fingerprint density at radius 2 is 1.57 bits per heavy atom. The molecule has 0 aromatic heterocycles. The van der Waals surface area contributed by atoms with Crippen LogP contribution in [0.2, 0.25) is 0 Å². The van der Waals surface area contributed by atoms with Crippen LogP contribution in [-0.4, -0.2) is 17.7 Å². The Bertz CT molecular complexity index is 664. The first-order chi connectivity index (χ1) is 11.0. The van der Waals surface area contributed by atoms with Crippen LogP contribution in [-0.2, 0) is 0 Å². The molecule has 2 aromatic rings. The highest BCUT2D eigenvalue weighted by molar-refractivity contribution is 7.49. The fourth-order valence-corrected chi connectivity index (χ4v) is 2.91. The first-order valence-electron chi connectivity index (χ1n) is 7.74. The fourth-order valence-electron chi connectivity index (χ4n) is 2.04. The van der Waals surface area contributed by atoms with Crippen LogP contribution in [0.3, 0.4) is 0 Å². The summed E-state index contributed by atoms with van der Waals surface area (Å²) in [5.41, 5.74) is 0.754. The van der Waals surface area contributed by atoms with Crippen LogP contribution in [0.5, 0.6) is 11.5 Å². The van der Waals surface area contributed by atoms with Crippen molar-refractivity contribution in [3.8, 4) is 11.5 Å². The van der Waals surface area contributed by atoms with Gasteiger partial charge < -0.3 is 14.6 Å². The van der Waals surface area contributed by atoms with Crippen molar-refractivity contribution in [3.05, 3.63) is 54.1 Å². The average Bonchev–Trinajstić information content (AvgIpc) is 2.49. The van der Waals surface area contributed by atoms with Gasteiger partial charge >= 0.3 is 0 Å². The minimum absolute atomic E-state index is 0.0325. The SMILES string of the molecule is CC(C)Oc1ccc(P=C([O-])c2ccccc2)c(OC(C)C)c1. The van der Waals surface area contributed by atoms with E-state index in [0.717, 1.165) is 11.1 Å². The van der Waals surface area contributed by atoms with Gasteiger partial charge in [-0.05, 0) is 45.4 Å². The molecule has 0 saturated carbocycles. The van der Waals surface area contributed by atoms with Gasteiger partial charge in [-0.2, -0.15) is 0 Å². The third kappa shape index (κ3) is 5.38. The highest BCUT2D eigenvalue weighted by Crippen LogP contribution is 2.24. The predicted molar refractivity (Wildman–Crippen MR) is 95.1 cm³/mol. The lowest BCUT2D eigenvalue weighted by Gasteiger charge is -2.17. The molecule has 2 aromatic carbocycles. The van der Waals surface area contributed by atoms with Crippen LogP contribution in [0.4, 0.5) is 0 Å². The molecule has 2 rings (SSSR count). The van der Waals surface area contributed by atoms with E-state index in [0.29, 0.717) is 19.5 Å². The van der Waals surface area contributed by atoms with Crippen molar-refractivity contribution in [2.24, 2.45) is 0 Å². The molecular weight excluding hydrogens is 307 g/mol. The zero-order chi connectivity index (χ0) is 16.8. The molecule has 0 bridgehead atoms. The maximum Gasteiger partial charge on any atom is 0.135 e. The number of ether oxygens (including phenoxy) is 2. The van der Waals surface area contributed by atoms with Gasteiger partial charge in [-0.25, -0.2) is 0 Å². The van der Waals surface area contributed by atoms with Gasteiger partial charge in [0.15, 0.2) is 0 Å². The van der Waals surface area contributed by atoms with Gasteiger partial charge in [0.25, 0.3) is 0 Å². The standard InChI is InChI=1S/C19H23O3P/c1-13(2)21-16-10-11-18(17(12-16)22-14(3)4)23-19(20)15-8-6-5-7-9-15/h5-14,20H,1-4H3/p-1. The van der Waals surface area contributed by atoms with Crippen LogP contribution in [0.1, 0.15) is 33.3 Å². The molecule has 0 fully saturated rings. The predicted octanol–water partition coefficient (Wildman–Crippen LogP) is 3.37. The Hall–Kier alpha value is -1.83. The monoisotopic (exact) mass is 329 g/mol. The summed E-state index contributed by atoms with van der Waals surface area (Å²) in [5, 5.41) is 13.3. The summed E-state index contributed by atoms with van der Waals surface area (Å²) in [6.07, 6.45) is 0.126. The fraction of sp³-hybridized carbons (Fsp3) is 0.316. The Labute approximate surface area is 139 Å². The van der Waals surface area contributed by atoms with Crippen molar-refractivity contribution in [1.82, 2.24) is 0 Å². The van der Waals surface area contributed by atoms with E-state index in [2.05, 4.69) is 0 Å². The van der Waals surface area contributed by atoms with E-state index in [1.54, 1.807) is 0 Å². The van der Waals surface area contributed by atoms with E-state index in [1.165, 1.54) is 0 Å². The lowest BCUT2D eigenvalue weighted by atomic mass is 10.2. The lowest BCUT2D eigenvalue weighted by molar-refractivity contribution is -0.207. The highest BCUT2D eigenvalue weighted by atomic mass is 31.1. The largest absolute Gasteiger partial charge is 0.823 e. The van der Waals surface area contributed by atoms with E-state index in [4.69, 9.17) is 9.47 Å². The Kier molecular flexibility index (Phi) is 6.20. The van der Waals surface area contributed by atoms with E-state index in [9.17, 15) is 5.11 Å². The summed E-state index contributed by atoms with van der Waals surface area (Å²) >= 11 is 0. The number of rotatable bonds is 6.